The highest BCUT2D eigenvalue weighted by atomic mass is 16.5. The minimum absolute atomic E-state index is 0.105. The molecule has 2 bridgehead atoms. The van der Waals surface area contributed by atoms with Crippen LogP contribution in [0.15, 0.2) is 24.2 Å². The van der Waals surface area contributed by atoms with Crippen molar-refractivity contribution in [2.75, 3.05) is 20.6 Å². The standard InChI is InChI=1S/C18H21NO3/c1-19-8-7-18-11-4-5-13(20)17(18)22-16-14(21-2)6-3-10(15(16)18)9-12(11)19/h3-6,11-13,17,20H,7-9H2,1-2H3/t11-,12+,13?,17?,18-/m0/s1/i1D3,2D3,3D,6D,20D. The lowest BCUT2D eigenvalue weighted by molar-refractivity contribution is -0.0453. The molecule has 1 N–H and O–H groups in total. The second-order valence-corrected chi connectivity index (χ2v) is 6.53. The first-order valence-electron chi connectivity index (χ1n) is 11.9. The molecule has 4 aliphatic rings. The second-order valence-electron chi connectivity index (χ2n) is 6.53. The van der Waals surface area contributed by atoms with E-state index < -0.39 is 43.7 Å². The Morgan fingerprint density at radius 1 is 1.55 bits per heavy atom. The van der Waals surface area contributed by atoms with Crippen LogP contribution in [0.5, 0.6) is 11.5 Å². The summed E-state index contributed by atoms with van der Waals surface area (Å²) in [6.45, 7) is -2.07. The van der Waals surface area contributed by atoms with Gasteiger partial charge in [0.05, 0.1) is 13.9 Å². The van der Waals surface area contributed by atoms with E-state index in [1.54, 1.807) is 6.08 Å². The summed E-state index contributed by atoms with van der Waals surface area (Å²) < 4.78 is 82.2. The number of aliphatic hydroxyl groups is 1. The van der Waals surface area contributed by atoms with Crippen molar-refractivity contribution in [1.29, 1.82) is 1.43 Å². The van der Waals surface area contributed by atoms with E-state index in [0.29, 0.717) is 17.5 Å². The zero-order valence-electron chi connectivity index (χ0n) is 20.8. The van der Waals surface area contributed by atoms with Gasteiger partial charge < -0.3 is 19.5 Å². The summed E-state index contributed by atoms with van der Waals surface area (Å²) in [4.78, 5) is 1.46. The van der Waals surface area contributed by atoms with Crippen LogP contribution in [-0.4, -0.2) is 50.2 Å². The number of benzene rings is 1. The quantitative estimate of drug-likeness (QED) is 0.841. The number of hydrogen-bond acceptors (Lipinski definition) is 4. The monoisotopic (exact) mass is 308 g/mol. The predicted octanol–water partition coefficient (Wildman–Crippen LogP) is 1.50. The van der Waals surface area contributed by atoms with Gasteiger partial charge in [-0.05, 0) is 38.0 Å². The number of ether oxygens (including phenoxy) is 2. The van der Waals surface area contributed by atoms with E-state index >= 15 is 0 Å². The Morgan fingerprint density at radius 2 is 2.55 bits per heavy atom. The van der Waals surface area contributed by atoms with E-state index in [4.69, 9.17) is 27.0 Å². The molecule has 0 aromatic heterocycles. The highest BCUT2D eigenvalue weighted by Crippen LogP contribution is 2.62. The van der Waals surface area contributed by atoms with Gasteiger partial charge in [0.1, 0.15) is 12.2 Å². The third-order valence-electron chi connectivity index (χ3n) is 5.78. The molecule has 4 heteroatoms. The van der Waals surface area contributed by atoms with Crippen LogP contribution in [0.2, 0.25) is 0 Å². The Bertz CT molecular complexity index is 976. The van der Waals surface area contributed by atoms with Gasteiger partial charge in [-0.25, -0.2) is 0 Å². The van der Waals surface area contributed by atoms with Crippen LogP contribution in [0.1, 0.15) is 28.5 Å². The largest absolute Gasteiger partial charge is 0.493 e. The fraction of sp³-hybridized carbons (Fsp3) is 0.556. The number of nitrogens with zero attached hydrogens (tertiary/aromatic N) is 1. The summed E-state index contributed by atoms with van der Waals surface area (Å²) in [6, 6.07) is -1.05. The van der Waals surface area contributed by atoms with Crippen molar-refractivity contribution in [3.63, 3.8) is 0 Å². The molecule has 0 saturated carbocycles. The minimum atomic E-state index is -2.84. The molecule has 1 aromatic carbocycles. The minimum Gasteiger partial charge on any atom is -0.493 e. The van der Waals surface area contributed by atoms with Gasteiger partial charge in [-0.1, -0.05) is 18.2 Å². The summed E-state index contributed by atoms with van der Waals surface area (Å²) in [5, 5.41) is 4.90. The molecule has 5 rings (SSSR count). The fourth-order valence-electron chi connectivity index (χ4n) is 4.94. The van der Waals surface area contributed by atoms with Gasteiger partial charge in [-0.3, -0.25) is 0 Å². The number of methoxy groups -OCH3 is 1. The first kappa shape index (κ1) is 6.93. The molecule has 5 atom stereocenters. The average molecular weight is 308 g/mol. The van der Waals surface area contributed by atoms with Crippen LogP contribution >= 0.6 is 0 Å². The second kappa shape index (κ2) is 4.06. The van der Waals surface area contributed by atoms with Crippen molar-refractivity contribution < 1.29 is 25.5 Å². The third-order valence-corrected chi connectivity index (χ3v) is 5.78. The molecule has 4 nitrogen and oxygen atoms in total. The molecule has 116 valence electrons. The Hall–Kier alpha value is -1.52. The molecule has 1 saturated heterocycles. The molecule has 0 amide bonds. The first-order valence-corrected chi connectivity index (χ1v) is 7.49. The summed E-state index contributed by atoms with van der Waals surface area (Å²) in [5.41, 5.74) is 0.303. The van der Waals surface area contributed by atoms with E-state index in [-0.39, 0.29) is 36.4 Å². The van der Waals surface area contributed by atoms with Gasteiger partial charge in [0.2, 0.25) is 1.43 Å². The topological polar surface area (TPSA) is 41.9 Å². The van der Waals surface area contributed by atoms with Gasteiger partial charge in [-0.2, -0.15) is 0 Å². The van der Waals surface area contributed by atoms with Crippen molar-refractivity contribution in [3.05, 3.63) is 35.4 Å². The van der Waals surface area contributed by atoms with Gasteiger partial charge in [-0.15, -0.1) is 0 Å². The predicted molar refractivity (Wildman–Crippen MR) is 82.5 cm³/mol. The Labute approximate surface area is 143 Å². The van der Waals surface area contributed by atoms with E-state index in [0.717, 1.165) is 0 Å². The molecule has 1 fully saturated rings. The molecular formula is C18H21NO3. The van der Waals surface area contributed by atoms with Crippen LogP contribution in [0.4, 0.5) is 0 Å². The van der Waals surface area contributed by atoms with Crippen molar-refractivity contribution in [2.24, 2.45) is 5.92 Å². The number of likely N-dealkylation sites (N-methyl/N-ethyl adjacent to an activating group) is 1. The van der Waals surface area contributed by atoms with Crippen molar-refractivity contribution in [2.45, 2.75) is 36.5 Å². The van der Waals surface area contributed by atoms with Gasteiger partial charge in [0.15, 0.2) is 11.5 Å². The molecule has 2 heterocycles. The molecule has 0 radical (unpaired) electrons. The lowest BCUT2D eigenvalue weighted by Crippen LogP contribution is -2.64. The van der Waals surface area contributed by atoms with Crippen LogP contribution in [0.3, 0.4) is 0 Å². The highest BCUT2D eigenvalue weighted by Gasteiger charge is 2.64. The van der Waals surface area contributed by atoms with Crippen molar-refractivity contribution in [3.8, 4) is 11.5 Å². The van der Waals surface area contributed by atoms with Crippen LogP contribution in [-0.2, 0) is 11.8 Å². The number of rotatable bonds is 2. The molecule has 2 aliphatic carbocycles. The van der Waals surface area contributed by atoms with Gasteiger partial charge in [0.25, 0.3) is 0 Å². The summed E-state index contributed by atoms with van der Waals surface area (Å²) in [5.74, 6) is -0.496. The SMILES string of the molecule is [2H]OC1C=C[C@H]2[C@H]3Cc4c([2H])c([2H])c(OC([2H])([2H])[2H])c5c4[C@@]2(CCN3C([2H])([2H])[2H])C1O5. The number of piperidine rings is 1. The molecule has 1 spiro atoms. The van der Waals surface area contributed by atoms with Gasteiger partial charge >= 0.3 is 0 Å². The molecule has 2 unspecified atom stereocenters. The van der Waals surface area contributed by atoms with E-state index in [1.807, 2.05) is 6.08 Å². The lowest BCUT2D eigenvalue weighted by Gasteiger charge is -2.56. The van der Waals surface area contributed by atoms with Crippen molar-refractivity contribution in [1.82, 2.24) is 4.90 Å². The molecule has 22 heavy (non-hydrogen) atoms. The highest BCUT2D eigenvalue weighted by molar-refractivity contribution is 5.62. The normalized spacial score (nSPS) is 48.1. The van der Waals surface area contributed by atoms with Crippen LogP contribution in [0.25, 0.3) is 0 Å². The zero-order valence-corrected chi connectivity index (χ0v) is 11.8. The van der Waals surface area contributed by atoms with Gasteiger partial charge in [0, 0.05) is 27.1 Å². The first-order chi connectivity index (χ1) is 14.4. The zero-order chi connectivity index (χ0) is 22.5. The van der Waals surface area contributed by atoms with E-state index in [1.165, 1.54) is 4.90 Å². The Balaban J connectivity index is 1.78. The fourth-order valence-corrected chi connectivity index (χ4v) is 4.94. The van der Waals surface area contributed by atoms with Crippen LogP contribution in [0, 0.1) is 5.92 Å². The lowest BCUT2D eigenvalue weighted by atomic mass is 9.53. The number of likely N-dealkylation sites (tertiary alicyclic amines) is 1. The summed E-state index contributed by atoms with van der Waals surface area (Å²) in [7, 11) is -2.84. The molecular weight excluding hydrogens is 278 g/mol. The third kappa shape index (κ3) is 1.28. The van der Waals surface area contributed by atoms with Crippen LogP contribution < -0.4 is 9.47 Å². The molecule has 2 aliphatic heterocycles. The van der Waals surface area contributed by atoms with Crippen molar-refractivity contribution >= 4 is 0 Å². The number of hydrogen-bond donors (Lipinski definition) is 1. The Morgan fingerprint density at radius 3 is 3.41 bits per heavy atom. The number of aliphatic hydroxyl groups excluding tert-OH is 1. The molecule has 1 aromatic rings. The summed E-state index contributed by atoms with van der Waals surface area (Å²) in [6.07, 6.45) is 2.65. The average Bonchev–Trinajstić information content (AvgIpc) is 2.99. The smallest absolute Gasteiger partial charge is 0.211 e. The Kier molecular flexibility index (Phi) is 1.28. The van der Waals surface area contributed by atoms with E-state index in [2.05, 4.69) is 0 Å². The summed E-state index contributed by atoms with van der Waals surface area (Å²) >= 11 is 0. The maximum Gasteiger partial charge on any atom is 0.211 e. The maximum atomic E-state index is 8.58. The van der Waals surface area contributed by atoms with E-state index in [9.17, 15) is 0 Å². The maximum absolute atomic E-state index is 8.58.